The van der Waals surface area contributed by atoms with Crippen LogP contribution in [0, 0.1) is 0 Å². The molecule has 6 nitrogen and oxygen atoms in total. The Morgan fingerprint density at radius 1 is 1.00 bits per heavy atom. The number of amides is 2. The quantitative estimate of drug-likeness (QED) is 0.513. The molecule has 0 aliphatic rings. The second-order valence-corrected chi connectivity index (χ2v) is 4.26. The number of rotatable bonds is 4. The van der Waals surface area contributed by atoms with E-state index in [0.717, 1.165) is 0 Å². The van der Waals surface area contributed by atoms with E-state index in [0.29, 0.717) is 17.0 Å². The number of carbonyl (C=O) groups excluding carboxylic acids is 2. The lowest BCUT2D eigenvalue weighted by Gasteiger charge is -2.04. The number of para-hydroxylation sites is 2. The summed E-state index contributed by atoms with van der Waals surface area (Å²) in [5.74, 6) is -1.02. The molecule has 0 aromatic heterocycles. The molecule has 2 aromatic carbocycles. The lowest BCUT2D eigenvalue weighted by molar-refractivity contribution is -0.136. The van der Waals surface area contributed by atoms with E-state index >= 15 is 0 Å². The Balaban J connectivity index is 1.92. The summed E-state index contributed by atoms with van der Waals surface area (Å²) in [5, 5.41) is 6.21. The van der Waals surface area contributed by atoms with Crippen molar-refractivity contribution in [1.29, 1.82) is 0 Å². The minimum absolute atomic E-state index is 0.538. The summed E-state index contributed by atoms with van der Waals surface area (Å²) >= 11 is 0. The number of methoxy groups -OCH3 is 1. The third-order valence-corrected chi connectivity index (χ3v) is 2.75. The molecule has 2 rings (SSSR count). The highest BCUT2D eigenvalue weighted by Crippen LogP contribution is 2.14. The van der Waals surface area contributed by atoms with Gasteiger partial charge >= 0.3 is 11.8 Å². The van der Waals surface area contributed by atoms with Gasteiger partial charge in [0.2, 0.25) is 0 Å². The molecule has 2 N–H and O–H groups in total. The smallest absolute Gasteiger partial charge is 0.329 e. The highest BCUT2D eigenvalue weighted by atomic mass is 16.5. The number of hydrogen-bond donors (Lipinski definition) is 2. The van der Waals surface area contributed by atoms with Crippen LogP contribution in [0.3, 0.4) is 0 Å². The summed E-state index contributed by atoms with van der Waals surface area (Å²) in [5.41, 5.74) is 3.39. The first kappa shape index (κ1) is 15.2. The Kier molecular flexibility index (Phi) is 5.25. The van der Waals surface area contributed by atoms with Crippen molar-refractivity contribution in [3.63, 3.8) is 0 Å². The van der Waals surface area contributed by atoms with Gasteiger partial charge in [0.15, 0.2) is 0 Å². The molecule has 0 spiro atoms. The minimum atomic E-state index is -0.852. The number of nitrogens with one attached hydrogen (secondary N) is 2. The topological polar surface area (TPSA) is 79.8 Å². The summed E-state index contributed by atoms with van der Waals surface area (Å²) in [6, 6.07) is 15.9. The lowest BCUT2D eigenvalue weighted by Crippen LogP contribution is -2.32. The highest BCUT2D eigenvalue weighted by Gasteiger charge is 2.12. The van der Waals surface area contributed by atoms with Gasteiger partial charge in [0.1, 0.15) is 5.75 Å². The fourth-order valence-corrected chi connectivity index (χ4v) is 1.69. The van der Waals surface area contributed by atoms with Crippen LogP contribution in [0.5, 0.6) is 5.75 Å². The summed E-state index contributed by atoms with van der Waals surface area (Å²) in [4.78, 5) is 23.3. The van der Waals surface area contributed by atoms with Crippen LogP contribution in [-0.4, -0.2) is 25.1 Å². The highest BCUT2D eigenvalue weighted by molar-refractivity contribution is 6.39. The monoisotopic (exact) mass is 297 g/mol. The third kappa shape index (κ3) is 4.17. The van der Waals surface area contributed by atoms with Crippen molar-refractivity contribution in [1.82, 2.24) is 5.43 Å². The number of nitrogens with zero attached hydrogens (tertiary/aromatic N) is 1. The molecule has 0 atom stereocenters. The second-order valence-electron chi connectivity index (χ2n) is 4.26. The largest absolute Gasteiger partial charge is 0.496 e. The van der Waals surface area contributed by atoms with Crippen molar-refractivity contribution in [2.24, 2.45) is 5.10 Å². The zero-order valence-electron chi connectivity index (χ0n) is 11.9. The average molecular weight is 297 g/mol. The molecule has 0 radical (unpaired) electrons. The average Bonchev–Trinajstić information content (AvgIpc) is 2.56. The first-order chi connectivity index (χ1) is 10.7. The molecule has 6 heteroatoms. The van der Waals surface area contributed by atoms with Crippen LogP contribution in [0.1, 0.15) is 5.56 Å². The molecule has 2 amide bonds. The molecule has 0 bridgehead atoms. The Hall–Kier alpha value is -3.15. The fourth-order valence-electron chi connectivity index (χ4n) is 1.69. The van der Waals surface area contributed by atoms with E-state index in [4.69, 9.17) is 4.74 Å². The van der Waals surface area contributed by atoms with Gasteiger partial charge in [0.05, 0.1) is 13.3 Å². The summed E-state index contributed by atoms with van der Waals surface area (Å²) in [6.07, 6.45) is 1.41. The molecule has 0 saturated carbocycles. The van der Waals surface area contributed by atoms with Crippen LogP contribution in [0.25, 0.3) is 0 Å². The Morgan fingerprint density at radius 2 is 1.68 bits per heavy atom. The Morgan fingerprint density at radius 3 is 2.41 bits per heavy atom. The van der Waals surface area contributed by atoms with Gasteiger partial charge in [-0.25, -0.2) is 5.43 Å². The summed E-state index contributed by atoms with van der Waals surface area (Å²) in [6.45, 7) is 0. The predicted octanol–water partition coefficient (Wildman–Crippen LogP) is 1.78. The molecule has 2 aromatic rings. The van der Waals surface area contributed by atoms with Crippen LogP contribution in [0.4, 0.5) is 5.69 Å². The Bertz CT molecular complexity index is 684. The van der Waals surface area contributed by atoms with Crippen LogP contribution in [0.2, 0.25) is 0 Å². The Labute approximate surface area is 127 Å². The van der Waals surface area contributed by atoms with E-state index in [2.05, 4.69) is 15.8 Å². The standard InChI is InChI=1S/C16H15N3O3/c1-22-14-10-6-5-7-12(14)11-17-19-16(21)15(20)18-13-8-3-2-4-9-13/h2-11H,1H3,(H,18,20)(H,19,21)/b17-11+. The van der Waals surface area contributed by atoms with Crippen LogP contribution >= 0.6 is 0 Å². The lowest BCUT2D eigenvalue weighted by atomic mass is 10.2. The van der Waals surface area contributed by atoms with Crippen molar-refractivity contribution in [3.8, 4) is 5.75 Å². The predicted molar refractivity (Wildman–Crippen MR) is 83.8 cm³/mol. The number of ether oxygens (including phenoxy) is 1. The van der Waals surface area contributed by atoms with Crippen molar-refractivity contribution in [2.45, 2.75) is 0 Å². The molecule has 112 valence electrons. The number of anilines is 1. The maximum absolute atomic E-state index is 11.7. The normalized spacial score (nSPS) is 10.2. The molecular formula is C16H15N3O3. The van der Waals surface area contributed by atoms with Gasteiger partial charge in [-0.2, -0.15) is 5.10 Å². The van der Waals surface area contributed by atoms with E-state index in [1.165, 1.54) is 6.21 Å². The van der Waals surface area contributed by atoms with Gasteiger partial charge in [-0.3, -0.25) is 9.59 Å². The van der Waals surface area contributed by atoms with Gasteiger partial charge in [-0.05, 0) is 24.3 Å². The van der Waals surface area contributed by atoms with E-state index < -0.39 is 11.8 Å². The molecule has 0 saturated heterocycles. The summed E-state index contributed by atoms with van der Waals surface area (Å²) < 4.78 is 5.15. The number of benzene rings is 2. The zero-order chi connectivity index (χ0) is 15.8. The molecule has 22 heavy (non-hydrogen) atoms. The van der Waals surface area contributed by atoms with Gasteiger partial charge in [0.25, 0.3) is 0 Å². The second kappa shape index (κ2) is 7.58. The molecule has 0 unspecified atom stereocenters. The first-order valence-corrected chi connectivity index (χ1v) is 6.53. The molecule has 0 fully saturated rings. The number of hydrogen-bond acceptors (Lipinski definition) is 4. The van der Waals surface area contributed by atoms with Crippen LogP contribution < -0.4 is 15.5 Å². The SMILES string of the molecule is COc1ccccc1/C=N/NC(=O)C(=O)Nc1ccccc1. The fraction of sp³-hybridized carbons (Fsp3) is 0.0625. The van der Waals surface area contributed by atoms with Crippen molar-refractivity contribution >= 4 is 23.7 Å². The summed E-state index contributed by atoms with van der Waals surface area (Å²) in [7, 11) is 1.54. The molecule has 0 aliphatic carbocycles. The zero-order valence-corrected chi connectivity index (χ0v) is 11.9. The van der Waals surface area contributed by atoms with Crippen molar-refractivity contribution in [2.75, 3.05) is 12.4 Å². The molecule has 0 heterocycles. The number of carbonyl (C=O) groups is 2. The van der Waals surface area contributed by atoms with E-state index in [9.17, 15) is 9.59 Å². The van der Waals surface area contributed by atoms with Gasteiger partial charge in [-0.15, -0.1) is 0 Å². The van der Waals surface area contributed by atoms with Gasteiger partial charge in [0, 0.05) is 11.3 Å². The van der Waals surface area contributed by atoms with E-state index in [-0.39, 0.29) is 0 Å². The first-order valence-electron chi connectivity index (χ1n) is 6.53. The number of hydrazone groups is 1. The third-order valence-electron chi connectivity index (χ3n) is 2.75. The van der Waals surface area contributed by atoms with Crippen molar-refractivity contribution in [3.05, 3.63) is 60.2 Å². The maximum atomic E-state index is 11.7. The molecular weight excluding hydrogens is 282 g/mol. The van der Waals surface area contributed by atoms with Gasteiger partial charge < -0.3 is 10.1 Å². The van der Waals surface area contributed by atoms with Crippen molar-refractivity contribution < 1.29 is 14.3 Å². The van der Waals surface area contributed by atoms with E-state index in [1.807, 2.05) is 18.2 Å². The van der Waals surface area contributed by atoms with Gasteiger partial charge in [-0.1, -0.05) is 30.3 Å². The maximum Gasteiger partial charge on any atom is 0.329 e. The minimum Gasteiger partial charge on any atom is -0.496 e. The molecule has 0 aliphatic heterocycles. The van der Waals surface area contributed by atoms with Crippen LogP contribution in [0.15, 0.2) is 59.7 Å². The van der Waals surface area contributed by atoms with E-state index in [1.54, 1.807) is 43.5 Å². The van der Waals surface area contributed by atoms with Crippen LogP contribution in [-0.2, 0) is 9.59 Å².